The van der Waals surface area contributed by atoms with Gasteiger partial charge in [0.1, 0.15) is 6.04 Å². The third kappa shape index (κ3) is 3.50. The molecule has 0 bridgehead atoms. The highest BCUT2D eigenvalue weighted by atomic mass is 32.2. The van der Waals surface area contributed by atoms with Gasteiger partial charge in [-0.2, -0.15) is 0 Å². The summed E-state index contributed by atoms with van der Waals surface area (Å²) in [5.41, 5.74) is 0.239. The molecule has 0 heterocycles. The summed E-state index contributed by atoms with van der Waals surface area (Å²) in [6, 6.07) is 5.08. The smallest absolute Gasteiger partial charge is 0.327 e. The molecular weight excluding hydrogens is 254 g/mol. The van der Waals surface area contributed by atoms with E-state index in [2.05, 4.69) is 11.2 Å². The van der Waals surface area contributed by atoms with E-state index in [-0.39, 0.29) is 17.0 Å². The van der Waals surface area contributed by atoms with Crippen LogP contribution in [-0.2, 0) is 14.6 Å². The maximum absolute atomic E-state index is 11.5. The number of carboxylic acid groups (broad SMARTS) is 1. The highest BCUT2D eigenvalue weighted by Crippen LogP contribution is 2.21. The molecule has 18 heavy (non-hydrogen) atoms. The number of nitrogens with one attached hydrogen (secondary N) is 1. The van der Waals surface area contributed by atoms with Crippen molar-refractivity contribution in [2.75, 3.05) is 11.6 Å². The third-order valence-corrected chi connectivity index (χ3v) is 3.39. The van der Waals surface area contributed by atoms with Crippen molar-refractivity contribution in [3.05, 3.63) is 24.3 Å². The molecule has 0 aromatic heterocycles. The van der Waals surface area contributed by atoms with Gasteiger partial charge in [-0.25, -0.2) is 13.2 Å². The van der Waals surface area contributed by atoms with Crippen LogP contribution in [0.3, 0.4) is 0 Å². The molecule has 96 valence electrons. The molecule has 0 aliphatic heterocycles. The van der Waals surface area contributed by atoms with Crippen LogP contribution in [0.5, 0.6) is 0 Å². The molecule has 6 heteroatoms. The Labute approximate surface area is 106 Å². The average molecular weight is 267 g/mol. The first-order chi connectivity index (χ1) is 8.36. The van der Waals surface area contributed by atoms with Crippen molar-refractivity contribution in [1.29, 1.82) is 0 Å². The Balaban J connectivity index is 3.12. The molecule has 0 saturated heterocycles. The zero-order chi connectivity index (χ0) is 13.8. The lowest BCUT2D eigenvalue weighted by Gasteiger charge is -2.15. The van der Waals surface area contributed by atoms with Gasteiger partial charge in [0.05, 0.1) is 10.6 Å². The van der Waals surface area contributed by atoms with E-state index >= 15 is 0 Å². The second-order valence-corrected chi connectivity index (χ2v) is 5.70. The first-order valence-corrected chi connectivity index (χ1v) is 6.97. The molecule has 1 aromatic carbocycles. The van der Waals surface area contributed by atoms with E-state index in [1.54, 1.807) is 12.1 Å². The number of carboxylic acids is 1. The standard InChI is InChI=1S/C12H13NO4S/c1-3-6-10(12(14)15)13-9-7-4-5-8-11(9)18(2,16)17/h1,4-5,7-8,10,13H,6H2,2H3,(H,14,15). The number of hydrogen-bond donors (Lipinski definition) is 2. The van der Waals surface area contributed by atoms with Gasteiger partial charge in [-0.1, -0.05) is 12.1 Å². The van der Waals surface area contributed by atoms with Crippen molar-refractivity contribution in [3.8, 4) is 12.3 Å². The Morgan fingerprint density at radius 2 is 2.11 bits per heavy atom. The molecule has 0 aliphatic rings. The van der Waals surface area contributed by atoms with Crippen molar-refractivity contribution in [3.63, 3.8) is 0 Å². The number of anilines is 1. The minimum Gasteiger partial charge on any atom is -0.480 e. The summed E-state index contributed by atoms with van der Waals surface area (Å²) in [6.07, 6.45) is 6.10. The predicted molar refractivity (Wildman–Crippen MR) is 68.0 cm³/mol. The van der Waals surface area contributed by atoms with Crippen LogP contribution in [0, 0.1) is 12.3 Å². The van der Waals surface area contributed by atoms with Crippen LogP contribution in [0.25, 0.3) is 0 Å². The molecule has 2 N–H and O–H groups in total. The normalized spacial score (nSPS) is 12.4. The summed E-state index contributed by atoms with van der Waals surface area (Å²) in [6.45, 7) is 0. The molecule has 1 atom stereocenters. The number of benzene rings is 1. The van der Waals surface area contributed by atoms with Crippen LogP contribution in [0.4, 0.5) is 5.69 Å². The molecule has 0 aliphatic carbocycles. The van der Waals surface area contributed by atoms with Crippen molar-refractivity contribution in [2.45, 2.75) is 17.4 Å². The number of rotatable bonds is 5. The van der Waals surface area contributed by atoms with Crippen molar-refractivity contribution >= 4 is 21.5 Å². The first kappa shape index (κ1) is 14.1. The Bertz CT molecular complexity index is 586. The number of aliphatic carboxylic acids is 1. The predicted octanol–water partition coefficient (Wildman–Crippen LogP) is 0.979. The van der Waals surface area contributed by atoms with E-state index < -0.39 is 21.8 Å². The number of hydrogen-bond acceptors (Lipinski definition) is 4. The van der Waals surface area contributed by atoms with Gasteiger partial charge in [0, 0.05) is 12.7 Å². The lowest BCUT2D eigenvalue weighted by molar-refractivity contribution is -0.137. The van der Waals surface area contributed by atoms with Crippen molar-refractivity contribution in [1.82, 2.24) is 0 Å². The zero-order valence-corrected chi connectivity index (χ0v) is 10.6. The molecule has 0 saturated carbocycles. The molecule has 0 spiro atoms. The Hall–Kier alpha value is -2.00. The van der Waals surface area contributed by atoms with Gasteiger partial charge in [0.15, 0.2) is 9.84 Å². The van der Waals surface area contributed by atoms with Gasteiger partial charge < -0.3 is 10.4 Å². The molecule has 5 nitrogen and oxygen atoms in total. The maximum atomic E-state index is 11.5. The van der Waals surface area contributed by atoms with Gasteiger partial charge >= 0.3 is 5.97 Å². The topological polar surface area (TPSA) is 83.5 Å². The monoisotopic (exact) mass is 267 g/mol. The van der Waals surface area contributed by atoms with Gasteiger partial charge in [-0.3, -0.25) is 0 Å². The molecule has 1 rings (SSSR count). The number of sulfone groups is 1. The van der Waals surface area contributed by atoms with Crippen molar-refractivity contribution in [2.24, 2.45) is 0 Å². The van der Waals surface area contributed by atoms with Crippen LogP contribution < -0.4 is 5.32 Å². The third-order valence-electron chi connectivity index (χ3n) is 2.24. The molecular formula is C12H13NO4S. The minimum atomic E-state index is -3.43. The van der Waals surface area contributed by atoms with Crippen LogP contribution in [-0.4, -0.2) is 31.8 Å². The second kappa shape index (κ2) is 5.56. The largest absolute Gasteiger partial charge is 0.480 e. The summed E-state index contributed by atoms with van der Waals surface area (Å²) >= 11 is 0. The summed E-state index contributed by atoms with van der Waals surface area (Å²) in [7, 11) is -3.43. The fourth-order valence-corrected chi connectivity index (χ4v) is 2.27. The van der Waals surface area contributed by atoms with E-state index in [9.17, 15) is 13.2 Å². The lowest BCUT2D eigenvalue weighted by atomic mass is 10.2. The Morgan fingerprint density at radius 1 is 1.50 bits per heavy atom. The summed E-state index contributed by atoms with van der Waals surface area (Å²) in [5, 5.41) is 11.6. The van der Waals surface area contributed by atoms with Gasteiger partial charge in [0.2, 0.25) is 0 Å². The maximum Gasteiger partial charge on any atom is 0.327 e. The van der Waals surface area contributed by atoms with Gasteiger partial charge in [-0.15, -0.1) is 12.3 Å². The van der Waals surface area contributed by atoms with Crippen LogP contribution in [0.15, 0.2) is 29.2 Å². The summed E-state index contributed by atoms with van der Waals surface area (Å²) in [4.78, 5) is 11.0. The quantitative estimate of drug-likeness (QED) is 0.777. The van der Waals surface area contributed by atoms with Crippen LogP contribution >= 0.6 is 0 Å². The van der Waals surface area contributed by atoms with Crippen molar-refractivity contribution < 1.29 is 18.3 Å². The SMILES string of the molecule is C#CCC(Nc1ccccc1S(C)(=O)=O)C(=O)O. The molecule has 0 radical (unpaired) electrons. The van der Waals surface area contributed by atoms with Gasteiger partial charge in [-0.05, 0) is 12.1 Å². The summed E-state index contributed by atoms with van der Waals surface area (Å²) < 4.78 is 23.1. The zero-order valence-electron chi connectivity index (χ0n) is 9.75. The fourth-order valence-electron chi connectivity index (χ4n) is 1.41. The molecule has 1 aromatic rings. The van der Waals surface area contributed by atoms with Gasteiger partial charge in [0.25, 0.3) is 0 Å². The number of carbonyl (C=O) groups is 1. The number of terminal acetylenes is 1. The molecule has 0 amide bonds. The first-order valence-electron chi connectivity index (χ1n) is 5.08. The average Bonchev–Trinajstić information content (AvgIpc) is 2.27. The minimum absolute atomic E-state index is 0.0343. The van der Waals surface area contributed by atoms with E-state index in [4.69, 9.17) is 11.5 Å². The second-order valence-electron chi connectivity index (χ2n) is 3.71. The van der Waals surface area contributed by atoms with E-state index in [0.717, 1.165) is 6.26 Å². The fraction of sp³-hybridized carbons (Fsp3) is 0.250. The highest BCUT2D eigenvalue weighted by Gasteiger charge is 2.19. The molecule has 0 fully saturated rings. The van der Waals surface area contributed by atoms with Crippen LogP contribution in [0.1, 0.15) is 6.42 Å². The van der Waals surface area contributed by atoms with E-state index in [0.29, 0.717) is 0 Å². The Morgan fingerprint density at radius 3 is 2.61 bits per heavy atom. The number of para-hydroxylation sites is 1. The van der Waals surface area contributed by atoms with Crippen LogP contribution in [0.2, 0.25) is 0 Å². The lowest BCUT2D eigenvalue weighted by Crippen LogP contribution is -2.29. The molecule has 1 unspecified atom stereocenters. The Kier molecular flexibility index (Phi) is 4.34. The summed E-state index contributed by atoms with van der Waals surface area (Å²) in [5.74, 6) is 1.11. The van der Waals surface area contributed by atoms with E-state index in [1.165, 1.54) is 12.1 Å². The van der Waals surface area contributed by atoms with E-state index in [1.807, 2.05) is 0 Å². The highest BCUT2D eigenvalue weighted by molar-refractivity contribution is 7.90.